The van der Waals surface area contributed by atoms with E-state index in [4.69, 9.17) is 11.6 Å². The van der Waals surface area contributed by atoms with Crippen LogP contribution in [0.15, 0.2) is 39.2 Å². The highest BCUT2D eigenvalue weighted by atomic mass is 79.9. The van der Waals surface area contributed by atoms with Crippen LogP contribution < -0.4 is 5.43 Å². The number of rotatable bonds is 3. The summed E-state index contributed by atoms with van der Waals surface area (Å²) < 4.78 is 0.987. The van der Waals surface area contributed by atoms with Gasteiger partial charge in [-0.1, -0.05) is 11.6 Å². The van der Waals surface area contributed by atoms with Crippen LogP contribution in [0.1, 0.15) is 22.2 Å². The number of benzene rings is 1. The van der Waals surface area contributed by atoms with Gasteiger partial charge in [0, 0.05) is 5.02 Å². The number of hydrogen-bond donors (Lipinski definition) is 2. The normalized spacial score (nSPS) is 11.4. The predicted molar refractivity (Wildman–Crippen MR) is 84.8 cm³/mol. The molecule has 0 aliphatic rings. The molecule has 104 valence electrons. The Balaban J connectivity index is 2.14. The van der Waals surface area contributed by atoms with Gasteiger partial charge >= 0.3 is 0 Å². The molecule has 20 heavy (non-hydrogen) atoms. The number of aromatic hydroxyl groups is 1. The molecule has 7 heteroatoms. The van der Waals surface area contributed by atoms with Crippen molar-refractivity contribution in [2.75, 3.05) is 0 Å². The Morgan fingerprint density at radius 1 is 1.40 bits per heavy atom. The zero-order valence-electron chi connectivity index (χ0n) is 10.4. The minimum Gasteiger partial charge on any atom is -0.507 e. The smallest absolute Gasteiger partial charge is 0.275 e. The van der Waals surface area contributed by atoms with Gasteiger partial charge in [0.15, 0.2) is 0 Å². The number of hydrazone groups is 1. The summed E-state index contributed by atoms with van der Waals surface area (Å²) in [4.78, 5) is 12.9. The molecule has 0 atom stereocenters. The van der Waals surface area contributed by atoms with Crippen molar-refractivity contribution in [2.45, 2.75) is 6.92 Å². The standard InChI is InChI=1S/C13H10BrClN2O2S/c1-7(11-4-5-12(14)20-11)16-17-13(19)9-6-8(15)2-3-10(9)18/h2-6,18H,1H3,(H,17,19)/b16-7+. The van der Waals surface area contributed by atoms with E-state index in [1.807, 2.05) is 12.1 Å². The van der Waals surface area contributed by atoms with Crippen molar-refractivity contribution >= 4 is 50.5 Å². The first kappa shape index (κ1) is 15.0. The van der Waals surface area contributed by atoms with Gasteiger partial charge < -0.3 is 5.11 Å². The number of carbonyl (C=O) groups excluding carboxylic acids is 1. The van der Waals surface area contributed by atoms with Crippen LogP contribution >= 0.6 is 38.9 Å². The molecular weight excluding hydrogens is 364 g/mol. The van der Waals surface area contributed by atoms with Gasteiger partial charge in [0.1, 0.15) is 5.75 Å². The van der Waals surface area contributed by atoms with E-state index in [-0.39, 0.29) is 11.3 Å². The molecule has 0 saturated heterocycles. The average molecular weight is 374 g/mol. The maximum absolute atomic E-state index is 11.9. The Hall–Kier alpha value is -1.37. The van der Waals surface area contributed by atoms with Crippen LogP contribution in [-0.4, -0.2) is 16.7 Å². The molecule has 4 nitrogen and oxygen atoms in total. The highest BCUT2D eigenvalue weighted by Crippen LogP contribution is 2.23. The molecule has 0 unspecified atom stereocenters. The molecule has 0 aliphatic carbocycles. The first-order valence-electron chi connectivity index (χ1n) is 5.56. The number of carbonyl (C=O) groups is 1. The van der Waals surface area contributed by atoms with Crippen molar-refractivity contribution < 1.29 is 9.90 Å². The van der Waals surface area contributed by atoms with Crippen LogP contribution in [0.2, 0.25) is 5.02 Å². The summed E-state index contributed by atoms with van der Waals surface area (Å²) in [6.45, 7) is 1.79. The van der Waals surface area contributed by atoms with Crippen LogP contribution in [0.25, 0.3) is 0 Å². The second-order valence-corrected chi connectivity index (χ2v) is 6.80. The summed E-state index contributed by atoms with van der Waals surface area (Å²) in [6, 6.07) is 8.06. The lowest BCUT2D eigenvalue weighted by Gasteiger charge is -2.04. The first-order chi connectivity index (χ1) is 9.47. The summed E-state index contributed by atoms with van der Waals surface area (Å²) >= 11 is 10.7. The minimum absolute atomic E-state index is 0.0846. The molecule has 0 fully saturated rings. The van der Waals surface area contributed by atoms with E-state index in [1.165, 1.54) is 29.5 Å². The molecule has 0 bridgehead atoms. The fourth-order valence-electron chi connectivity index (χ4n) is 1.45. The Bertz CT molecular complexity index is 685. The van der Waals surface area contributed by atoms with Crippen molar-refractivity contribution in [1.82, 2.24) is 5.43 Å². The number of thiophene rings is 1. The lowest BCUT2D eigenvalue weighted by atomic mass is 10.2. The molecular formula is C13H10BrClN2O2S. The second-order valence-electron chi connectivity index (χ2n) is 3.90. The van der Waals surface area contributed by atoms with Crippen LogP contribution in [0.3, 0.4) is 0 Å². The van der Waals surface area contributed by atoms with Crippen molar-refractivity contribution in [1.29, 1.82) is 0 Å². The third-order valence-corrected chi connectivity index (χ3v) is 4.43. The van der Waals surface area contributed by atoms with Crippen molar-refractivity contribution in [3.63, 3.8) is 0 Å². The summed E-state index contributed by atoms with van der Waals surface area (Å²) in [7, 11) is 0. The number of nitrogens with zero attached hydrogens (tertiary/aromatic N) is 1. The molecule has 1 amide bonds. The van der Waals surface area contributed by atoms with E-state index in [2.05, 4.69) is 26.5 Å². The molecule has 1 aromatic heterocycles. The second kappa shape index (κ2) is 6.39. The number of hydrogen-bond acceptors (Lipinski definition) is 4. The van der Waals surface area contributed by atoms with Crippen LogP contribution in [0, 0.1) is 0 Å². The number of phenols is 1. The lowest BCUT2D eigenvalue weighted by Crippen LogP contribution is -2.19. The van der Waals surface area contributed by atoms with Crippen LogP contribution in [0.4, 0.5) is 0 Å². The average Bonchev–Trinajstić information content (AvgIpc) is 2.85. The molecule has 0 spiro atoms. The Morgan fingerprint density at radius 2 is 2.15 bits per heavy atom. The monoisotopic (exact) mass is 372 g/mol. The van der Waals surface area contributed by atoms with E-state index in [0.29, 0.717) is 10.7 Å². The van der Waals surface area contributed by atoms with Gasteiger partial charge in [-0.2, -0.15) is 5.10 Å². The van der Waals surface area contributed by atoms with E-state index >= 15 is 0 Å². The molecule has 1 heterocycles. The number of phenolic OH excluding ortho intramolecular Hbond substituents is 1. The van der Waals surface area contributed by atoms with Gasteiger partial charge in [-0.25, -0.2) is 5.43 Å². The van der Waals surface area contributed by atoms with E-state index in [0.717, 1.165) is 8.66 Å². The topological polar surface area (TPSA) is 61.7 Å². The molecule has 0 saturated carbocycles. The maximum Gasteiger partial charge on any atom is 0.275 e. The van der Waals surface area contributed by atoms with Crippen LogP contribution in [0.5, 0.6) is 5.75 Å². The largest absolute Gasteiger partial charge is 0.507 e. The quantitative estimate of drug-likeness (QED) is 0.630. The fraction of sp³-hybridized carbons (Fsp3) is 0.0769. The van der Waals surface area contributed by atoms with Crippen molar-refractivity contribution in [3.05, 3.63) is 49.6 Å². The van der Waals surface area contributed by atoms with Gasteiger partial charge in [0.05, 0.1) is 19.9 Å². The van der Waals surface area contributed by atoms with Gasteiger partial charge in [0.2, 0.25) is 0 Å². The third kappa shape index (κ3) is 3.59. The van der Waals surface area contributed by atoms with E-state index in [1.54, 1.807) is 6.92 Å². The minimum atomic E-state index is -0.514. The molecule has 1 aromatic carbocycles. The Kier molecular flexibility index (Phi) is 4.80. The van der Waals surface area contributed by atoms with Gasteiger partial charge in [0.25, 0.3) is 5.91 Å². The molecule has 2 N–H and O–H groups in total. The summed E-state index contributed by atoms with van der Waals surface area (Å²) in [5.41, 5.74) is 3.16. The van der Waals surface area contributed by atoms with E-state index in [9.17, 15) is 9.90 Å². The highest BCUT2D eigenvalue weighted by Gasteiger charge is 2.11. The third-order valence-electron chi connectivity index (χ3n) is 2.46. The lowest BCUT2D eigenvalue weighted by molar-refractivity contribution is 0.0952. The van der Waals surface area contributed by atoms with Crippen LogP contribution in [-0.2, 0) is 0 Å². The first-order valence-corrected chi connectivity index (χ1v) is 7.55. The maximum atomic E-state index is 11.9. The van der Waals surface area contributed by atoms with Gasteiger partial charge in [-0.15, -0.1) is 11.3 Å². The van der Waals surface area contributed by atoms with Crippen molar-refractivity contribution in [2.24, 2.45) is 5.10 Å². The van der Waals surface area contributed by atoms with Gasteiger partial charge in [-0.3, -0.25) is 4.79 Å². The number of nitrogens with one attached hydrogen (secondary N) is 1. The van der Waals surface area contributed by atoms with Gasteiger partial charge in [-0.05, 0) is 53.2 Å². The predicted octanol–water partition coefficient (Wildman–Crippen LogP) is 4.02. The number of halogens is 2. The summed E-state index contributed by atoms with van der Waals surface area (Å²) in [5.74, 6) is -0.654. The molecule has 2 aromatic rings. The summed E-state index contributed by atoms with van der Waals surface area (Å²) in [6.07, 6.45) is 0. The SMILES string of the molecule is C/C(=N\NC(=O)c1cc(Cl)ccc1O)c1ccc(Br)s1. The molecule has 0 aliphatic heterocycles. The zero-order valence-corrected chi connectivity index (χ0v) is 13.5. The zero-order chi connectivity index (χ0) is 14.7. The Labute approximate surface area is 133 Å². The fourth-order valence-corrected chi connectivity index (χ4v) is 2.95. The van der Waals surface area contributed by atoms with E-state index < -0.39 is 5.91 Å². The number of amides is 1. The van der Waals surface area contributed by atoms with Crippen molar-refractivity contribution in [3.8, 4) is 5.75 Å². The summed E-state index contributed by atoms with van der Waals surface area (Å²) in [5, 5.41) is 14.0. The Morgan fingerprint density at radius 3 is 2.80 bits per heavy atom. The molecule has 2 rings (SSSR count). The highest BCUT2D eigenvalue weighted by molar-refractivity contribution is 9.11. The molecule has 0 radical (unpaired) electrons.